The van der Waals surface area contributed by atoms with Crippen molar-refractivity contribution < 1.29 is 9.52 Å². The van der Waals surface area contributed by atoms with Gasteiger partial charge in [-0.15, -0.1) is 0 Å². The third kappa shape index (κ3) is 2.32. The number of hydrogen-bond donors (Lipinski definition) is 3. The molecule has 1 heterocycles. The highest BCUT2D eigenvalue weighted by atomic mass is 16.4. The summed E-state index contributed by atoms with van der Waals surface area (Å²) in [5.74, 6) is -0.385. The number of hydrogen-bond acceptors (Lipinski definition) is 5. The van der Waals surface area contributed by atoms with Crippen LogP contribution in [0.5, 0.6) is 0 Å². The van der Waals surface area contributed by atoms with E-state index < -0.39 is 0 Å². The summed E-state index contributed by atoms with van der Waals surface area (Å²) in [7, 11) is 1.66. The van der Waals surface area contributed by atoms with Crippen LogP contribution in [-0.2, 0) is 7.05 Å². The van der Waals surface area contributed by atoms with E-state index in [9.17, 15) is 4.79 Å². The Bertz CT molecular complexity index is 573. The second-order valence-electron chi connectivity index (χ2n) is 3.93. The number of rotatable bonds is 4. The van der Waals surface area contributed by atoms with E-state index in [-0.39, 0.29) is 18.4 Å². The van der Waals surface area contributed by atoms with Gasteiger partial charge in [-0.25, -0.2) is 4.79 Å². The summed E-state index contributed by atoms with van der Waals surface area (Å²) in [6.07, 6.45) is 0. The van der Waals surface area contributed by atoms with Gasteiger partial charge in [0.25, 0.3) is 0 Å². The maximum Gasteiger partial charge on any atom is 0.419 e. The molecule has 0 saturated carbocycles. The predicted molar refractivity (Wildman–Crippen MR) is 65.0 cm³/mol. The summed E-state index contributed by atoms with van der Waals surface area (Å²) >= 11 is 0. The molecular formula is C11H15N3O3. The van der Waals surface area contributed by atoms with Gasteiger partial charge in [-0.1, -0.05) is 0 Å². The molecule has 1 aromatic heterocycles. The molecule has 2 aromatic rings. The molecule has 1 atom stereocenters. The molecule has 6 heteroatoms. The number of benzene rings is 1. The molecule has 0 spiro atoms. The fourth-order valence-corrected chi connectivity index (χ4v) is 1.56. The van der Waals surface area contributed by atoms with Crippen molar-refractivity contribution in [2.45, 2.75) is 6.04 Å². The van der Waals surface area contributed by atoms with Crippen LogP contribution < -0.4 is 16.8 Å². The molecular weight excluding hydrogens is 222 g/mol. The van der Waals surface area contributed by atoms with Crippen LogP contribution >= 0.6 is 0 Å². The van der Waals surface area contributed by atoms with Crippen LogP contribution in [0.3, 0.4) is 0 Å². The number of nitrogens with one attached hydrogen (secondary N) is 1. The van der Waals surface area contributed by atoms with Gasteiger partial charge in [-0.05, 0) is 12.1 Å². The van der Waals surface area contributed by atoms with Crippen LogP contribution in [0.2, 0.25) is 0 Å². The lowest BCUT2D eigenvalue weighted by Gasteiger charge is -2.10. The van der Waals surface area contributed by atoms with Gasteiger partial charge in [-0.2, -0.15) is 0 Å². The number of fused-ring (bicyclic) bond motifs is 1. The Balaban J connectivity index is 2.23. The van der Waals surface area contributed by atoms with E-state index in [1.165, 1.54) is 4.57 Å². The summed E-state index contributed by atoms with van der Waals surface area (Å²) in [4.78, 5) is 11.3. The second kappa shape index (κ2) is 4.60. The van der Waals surface area contributed by atoms with Crippen molar-refractivity contribution in [1.29, 1.82) is 0 Å². The number of aryl methyl sites for hydroxylation is 1. The molecule has 92 valence electrons. The Morgan fingerprint density at radius 3 is 3.06 bits per heavy atom. The van der Waals surface area contributed by atoms with Gasteiger partial charge < -0.3 is 20.6 Å². The van der Waals surface area contributed by atoms with Gasteiger partial charge in [0, 0.05) is 31.4 Å². The number of aliphatic hydroxyl groups excluding tert-OH is 1. The van der Waals surface area contributed by atoms with Crippen molar-refractivity contribution in [1.82, 2.24) is 4.57 Å². The third-order valence-electron chi connectivity index (χ3n) is 2.60. The topological polar surface area (TPSA) is 93.4 Å². The summed E-state index contributed by atoms with van der Waals surface area (Å²) < 4.78 is 6.50. The lowest BCUT2D eigenvalue weighted by Crippen LogP contribution is -2.32. The quantitative estimate of drug-likeness (QED) is 0.688. The molecule has 6 nitrogen and oxygen atoms in total. The molecule has 0 aliphatic rings. The van der Waals surface area contributed by atoms with Gasteiger partial charge in [0.15, 0.2) is 5.58 Å². The van der Waals surface area contributed by atoms with Gasteiger partial charge in [0.1, 0.15) is 0 Å². The molecule has 0 aliphatic carbocycles. The highest BCUT2D eigenvalue weighted by molar-refractivity contribution is 5.77. The molecule has 0 fully saturated rings. The summed E-state index contributed by atoms with van der Waals surface area (Å²) in [5, 5.41) is 11.9. The standard InChI is InChI=1S/C11H15N3O3/c1-14-9-3-2-8(13-5-7(12)6-15)4-10(9)17-11(14)16/h2-4,7,13,15H,5-6,12H2,1H3. The Hall–Kier alpha value is -1.79. The van der Waals surface area contributed by atoms with Gasteiger partial charge in [0.2, 0.25) is 0 Å². The minimum absolute atomic E-state index is 0.0737. The van der Waals surface area contributed by atoms with E-state index in [1.807, 2.05) is 6.07 Å². The molecule has 17 heavy (non-hydrogen) atoms. The fourth-order valence-electron chi connectivity index (χ4n) is 1.56. The minimum Gasteiger partial charge on any atom is -0.408 e. The second-order valence-corrected chi connectivity index (χ2v) is 3.93. The smallest absolute Gasteiger partial charge is 0.408 e. The largest absolute Gasteiger partial charge is 0.419 e. The first-order valence-electron chi connectivity index (χ1n) is 5.31. The summed E-state index contributed by atoms with van der Waals surface area (Å²) in [5.41, 5.74) is 7.64. The van der Waals surface area contributed by atoms with Crippen LogP contribution in [0.25, 0.3) is 11.1 Å². The van der Waals surface area contributed by atoms with Crippen molar-refractivity contribution >= 4 is 16.8 Å². The maximum absolute atomic E-state index is 11.3. The van der Waals surface area contributed by atoms with E-state index in [0.29, 0.717) is 12.1 Å². The van der Waals surface area contributed by atoms with Crippen molar-refractivity contribution in [3.8, 4) is 0 Å². The predicted octanol–water partition coefficient (Wildman–Crippen LogP) is -0.137. The zero-order valence-corrected chi connectivity index (χ0v) is 9.51. The molecule has 0 bridgehead atoms. The maximum atomic E-state index is 11.3. The van der Waals surface area contributed by atoms with E-state index in [2.05, 4.69) is 5.32 Å². The highest BCUT2D eigenvalue weighted by Crippen LogP contribution is 2.17. The number of aliphatic hydroxyl groups is 1. The van der Waals surface area contributed by atoms with E-state index in [4.69, 9.17) is 15.3 Å². The number of oxazole rings is 1. The van der Waals surface area contributed by atoms with Crippen molar-refractivity contribution in [3.05, 3.63) is 28.7 Å². The molecule has 4 N–H and O–H groups in total. The Morgan fingerprint density at radius 1 is 1.59 bits per heavy atom. The first-order chi connectivity index (χ1) is 8.11. The van der Waals surface area contributed by atoms with E-state index in [0.717, 1.165) is 11.2 Å². The monoisotopic (exact) mass is 237 g/mol. The van der Waals surface area contributed by atoms with Crippen LogP contribution in [0.4, 0.5) is 5.69 Å². The summed E-state index contributed by atoms with van der Waals surface area (Å²) in [6, 6.07) is 5.06. The number of aromatic nitrogens is 1. The van der Waals surface area contributed by atoms with Crippen molar-refractivity contribution in [3.63, 3.8) is 0 Å². The lowest BCUT2D eigenvalue weighted by atomic mass is 10.2. The van der Waals surface area contributed by atoms with E-state index >= 15 is 0 Å². The van der Waals surface area contributed by atoms with Crippen molar-refractivity contribution in [2.75, 3.05) is 18.5 Å². The molecule has 1 unspecified atom stereocenters. The summed E-state index contributed by atoms with van der Waals surface area (Å²) in [6.45, 7) is 0.384. The molecule has 0 amide bonds. The zero-order chi connectivity index (χ0) is 12.4. The highest BCUT2D eigenvalue weighted by Gasteiger charge is 2.06. The van der Waals surface area contributed by atoms with Crippen LogP contribution in [0, 0.1) is 0 Å². The van der Waals surface area contributed by atoms with Crippen LogP contribution in [0.15, 0.2) is 27.4 Å². The van der Waals surface area contributed by atoms with Gasteiger partial charge in [0.05, 0.1) is 12.1 Å². The number of nitrogens with two attached hydrogens (primary N) is 1. The Labute approximate surface area is 97.6 Å². The van der Waals surface area contributed by atoms with Crippen molar-refractivity contribution in [2.24, 2.45) is 12.8 Å². The SMILES string of the molecule is Cn1c(=O)oc2cc(NCC(N)CO)ccc21. The number of nitrogens with zero attached hydrogens (tertiary/aromatic N) is 1. The first-order valence-corrected chi connectivity index (χ1v) is 5.31. The molecule has 0 radical (unpaired) electrons. The van der Waals surface area contributed by atoms with Gasteiger partial charge >= 0.3 is 5.76 Å². The molecule has 2 rings (SSSR count). The minimum atomic E-state index is -0.385. The first kappa shape index (κ1) is 11.7. The average molecular weight is 237 g/mol. The third-order valence-corrected chi connectivity index (χ3v) is 2.60. The Morgan fingerprint density at radius 2 is 2.35 bits per heavy atom. The zero-order valence-electron chi connectivity index (χ0n) is 9.51. The molecule has 0 aliphatic heterocycles. The van der Waals surface area contributed by atoms with Gasteiger partial charge in [-0.3, -0.25) is 4.57 Å². The fraction of sp³-hybridized carbons (Fsp3) is 0.364. The molecule has 1 aromatic carbocycles. The number of anilines is 1. The molecule has 0 saturated heterocycles. The average Bonchev–Trinajstić information content (AvgIpc) is 2.62. The normalized spacial score (nSPS) is 12.9. The van der Waals surface area contributed by atoms with E-state index in [1.54, 1.807) is 19.2 Å². The lowest BCUT2D eigenvalue weighted by molar-refractivity contribution is 0.270. The Kier molecular flexibility index (Phi) is 3.16. The van der Waals surface area contributed by atoms with Crippen LogP contribution in [0.1, 0.15) is 0 Å². The van der Waals surface area contributed by atoms with Crippen LogP contribution in [-0.4, -0.2) is 28.9 Å².